The normalized spacial score (nSPS) is 12.0. The van der Waals surface area contributed by atoms with Crippen LogP contribution < -0.4 is 5.56 Å². The molecule has 0 bridgehead atoms. The monoisotopic (exact) mass is 477 g/mol. The SMILES string of the molecule is CCCN(C(=O)c1ccc(F)cc1)C(C)c1nc2ccccc2c(=O)n1-c1cccc(Cl)c1C. The van der Waals surface area contributed by atoms with Gasteiger partial charge in [-0.2, -0.15) is 0 Å². The van der Waals surface area contributed by atoms with Crippen molar-refractivity contribution in [1.29, 1.82) is 0 Å². The summed E-state index contributed by atoms with van der Waals surface area (Å²) in [5.41, 5.74) is 2.04. The highest BCUT2D eigenvalue weighted by molar-refractivity contribution is 6.31. The van der Waals surface area contributed by atoms with Gasteiger partial charge in [-0.05, 0) is 74.4 Å². The Morgan fingerprint density at radius 2 is 1.79 bits per heavy atom. The van der Waals surface area contributed by atoms with Gasteiger partial charge in [0.1, 0.15) is 11.6 Å². The standard InChI is InChI=1S/C27H25ClFN3O2/c1-4-16-31(26(33)19-12-14-20(29)15-13-19)18(3)25-30-23-10-6-5-8-21(23)27(34)32(25)24-11-7-9-22(28)17(24)2/h5-15,18H,4,16H2,1-3H3. The molecular formula is C27H25ClFN3O2. The van der Waals surface area contributed by atoms with Gasteiger partial charge in [0.15, 0.2) is 0 Å². The molecule has 0 aliphatic rings. The first-order chi connectivity index (χ1) is 16.3. The van der Waals surface area contributed by atoms with Crippen molar-refractivity contribution in [2.45, 2.75) is 33.2 Å². The molecule has 4 aromatic rings. The van der Waals surface area contributed by atoms with Crippen LogP contribution in [-0.4, -0.2) is 26.9 Å². The third kappa shape index (κ3) is 4.33. The van der Waals surface area contributed by atoms with E-state index in [0.29, 0.717) is 46.0 Å². The molecule has 0 aliphatic carbocycles. The van der Waals surface area contributed by atoms with Gasteiger partial charge in [0.2, 0.25) is 0 Å². The minimum Gasteiger partial charge on any atom is -0.329 e. The van der Waals surface area contributed by atoms with Crippen molar-refractivity contribution in [3.63, 3.8) is 0 Å². The number of aromatic nitrogens is 2. The number of benzene rings is 3. The predicted octanol–water partition coefficient (Wildman–Crippen LogP) is 6.10. The molecule has 0 saturated carbocycles. The van der Waals surface area contributed by atoms with Crippen LogP contribution in [0.5, 0.6) is 0 Å². The average Bonchev–Trinajstić information content (AvgIpc) is 2.84. The van der Waals surface area contributed by atoms with Gasteiger partial charge in [0.25, 0.3) is 11.5 Å². The summed E-state index contributed by atoms with van der Waals surface area (Å²) in [5.74, 6) is -0.239. The van der Waals surface area contributed by atoms with Gasteiger partial charge in [-0.1, -0.05) is 36.7 Å². The van der Waals surface area contributed by atoms with Gasteiger partial charge >= 0.3 is 0 Å². The van der Waals surface area contributed by atoms with Gasteiger partial charge in [0, 0.05) is 17.1 Å². The molecule has 7 heteroatoms. The van der Waals surface area contributed by atoms with E-state index in [-0.39, 0.29) is 11.5 Å². The summed E-state index contributed by atoms with van der Waals surface area (Å²) in [6, 6.07) is 17.4. The van der Waals surface area contributed by atoms with Crippen molar-refractivity contribution < 1.29 is 9.18 Å². The highest BCUT2D eigenvalue weighted by Crippen LogP contribution is 2.28. The largest absolute Gasteiger partial charge is 0.329 e. The third-order valence-corrected chi connectivity index (χ3v) is 6.35. The van der Waals surface area contributed by atoms with Crippen LogP contribution in [-0.2, 0) is 0 Å². The van der Waals surface area contributed by atoms with Crippen molar-refractivity contribution in [2.75, 3.05) is 6.54 Å². The van der Waals surface area contributed by atoms with E-state index in [1.807, 2.05) is 32.9 Å². The van der Waals surface area contributed by atoms with E-state index in [9.17, 15) is 14.0 Å². The zero-order valence-electron chi connectivity index (χ0n) is 19.3. The summed E-state index contributed by atoms with van der Waals surface area (Å²) >= 11 is 6.39. The lowest BCUT2D eigenvalue weighted by Crippen LogP contribution is -2.38. The molecule has 1 heterocycles. The number of fused-ring (bicyclic) bond motifs is 1. The number of halogens is 2. The van der Waals surface area contributed by atoms with E-state index in [4.69, 9.17) is 16.6 Å². The molecule has 0 aliphatic heterocycles. The number of carbonyl (C=O) groups excluding carboxylic acids is 1. The number of hydrogen-bond donors (Lipinski definition) is 0. The Bertz CT molecular complexity index is 1420. The van der Waals surface area contributed by atoms with Crippen LogP contribution in [0.25, 0.3) is 16.6 Å². The smallest absolute Gasteiger partial charge is 0.266 e. The summed E-state index contributed by atoms with van der Waals surface area (Å²) in [7, 11) is 0. The maximum atomic E-state index is 13.7. The zero-order valence-corrected chi connectivity index (χ0v) is 20.0. The van der Waals surface area contributed by atoms with Crippen molar-refractivity contribution in [3.8, 4) is 5.69 Å². The summed E-state index contributed by atoms with van der Waals surface area (Å²) in [5, 5.41) is 1.01. The molecule has 1 amide bonds. The number of carbonyl (C=O) groups is 1. The third-order valence-electron chi connectivity index (χ3n) is 5.94. The second kappa shape index (κ2) is 9.77. The fourth-order valence-corrected chi connectivity index (χ4v) is 4.28. The van der Waals surface area contributed by atoms with Gasteiger partial charge in [-0.3, -0.25) is 14.2 Å². The van der Waals surface area contributed by atoms with E-state index >= 15 is 0 Å². The van der Waals surface area contributed by atoms with Gasteiger partial charge in [-0.25, -0.2) is 9.37 Å². The van der Waals surface area contributed by atoms with Crippen LogP contribution in [0.1, 0.15) is 48.1 Å². The van der Waals surface area contributed by atoms with E-state index in [1.54, 1.807) is 39.8 Å². The lowest BCUT2D eigenvalue weighted by Gasteiger charge is -2.30. The summed E-state index contributed by atoms with van der Waals surface area (Å²) in [6.45, 7) is 6.11. The highest BCUT2D eigenvalue weighted by Gasteiger charge is 2.27. The molecule has 0 fully saturated rings. The van der Waals surface area contributed by atoms with Gasteiger partial charge < -0.3 is 4.90 Å². The Balaban J connectivity index is 1.94. The summed E-state index contributed by atoms with van der Waals surface area (Å²) in [4.78, 5) is 33.7. The Morgan fingerprint density at radius 1 is 1.09 bits per heavy atom. The Morgan fingerprint density at radius 3 is 2.50 bits per heavy atom. The molecule has 1 unspecified atom stereocenters. The first kappa shape index (κ1) is 23.6. The quantitative estimate of drug-likeness (QED) is 0.337. The Kier molecular flexibility index (Phi) is 6.80. The minimum atomic E-state index is -0.548. The topological polar surface area (TPSA) is 55.2 Å². The molecule has 0 radical (unpaired) electrons. The number of hydrogen-bond acceptors (Lipinski definition) is 3. The highest BCUT2D eigenvalue weighted by atomic mass is 35.5. The number of nitrogens with zero attached hydrogens (tertiary/aromatic N) is 3. The molecule has 0 spiro atoms. The second-order valence-electron chi connectivity index (χ2n) is 8.19. The molecule has 4 rings (SSSR count). The van der Waals surface area contributed by atoms with E-state index < -0.39 is 11.9 Å². The molecule has 34 heavy (non-hydrogen) atoms. The van der Waals surface area contributed by atoms with Crippen LogP contribution >= 0.6 is 11.6 Å². The molecular weight excluding hydrogens is 453 g/mol. The van der Waals surface area contributed by atoms with E-state index in [1.165, 1.54) is 24.3 Å². The Hall–Kier alpha value is -3.51. The molecule has 3 aromatic carbocycles. The van der Waals surface area contributed by atoms with Crippen LogP contribution in [0.15, 0.2) is 71.5 Å². The lowest BCUT2D eigenvalue weighted by molar-refractivity contribution is 0.0681. The average molecular weight is 478 g/mol. The minimum absolute atomic E-state index is 0.233. The Labute approximate surface area is 202 Å². The summed E-state index contributed by atoms with van der Waals surface area (Å²) < 4.78 is 15.0. The zero-order chi connectivity index (χ0) is 24.4. The molecule has 0 N–H and O–H groups in total. The number of para-hydroxylation sites is 1. The molecule has 1 aromatic heterocycles. The first-order valence-corrected chi connectivity index (χ1v) is 11.5. The van der Waals surface area contributed by atoms with Crippen LogP contribution in [0.4, 0.5) is 4.39 Å². The lowest BCUT2D eigenvalue weighted by atomic mass is 10.1. The predicted molar refractivity (Wildman–Crippen MR) is 133 cm³/mol. The summed E-state index contributed by atoms with van der Waals surface area (Å²) in [6.07, 6.45) is 0.700. The number of amides is 1. The van der Waals surface area contributed by atoms with Crippen LogP contribution in [0.3, 0.4) is 0 Å². The number of rotatable bonds is 6. The van der Waals surface area contributed by atoms with Gasteiger partial charge in [0.05, 0.1) is 22.6 Å². The van der Waals surface area contributed by atoms with E-state index in [2.05, 4.69) is 0 Å². The van der Waals surface area contributed by atoms with Crippen molar-refractivity contribution in [1.82, 2.24) is 14.5 Å². The molecule has 174 valence electrons. The van der Waals surface area contributed by atoms with Crippen molar-refractivity contribution in [2.24, 2.45) is 0 Å². The fourth-order valence-electron chi connectivity index (χ4n) is 4.11. The molecule has 1 atom stereocenters. The fraction of sp³-hybridized carbons (Fsp3) is 0.222. The van der Waals surface area contributed by atoms with Crippen molar-refractivity contribution in [3.05, 3.63) is 105 Å². The second-order valence-corrected chi connectivity index (χ2v) is 8.60. The molecule has 0 saturated heterocycles. The maximum absolute atomic E-state index is 13.7. The molecule has 5 nitrogen and oxygen atoms in total. The van der Waals surface area contributed by atoms with Crippen LogP contribution in [0, 0.1) is 12.7 Å². The van der Waals surface area contributed by atoms with Crippen LogP contribution in [0.2, 0.25) is 5.02 Å². The van der Waals surface area contributed by atoms with Crippen molar-refractivity contribution >= 4 is 28.4 Å². The van der Waals surface area contributed by atoms with E-state index in [0.717, 1.165) is 5.56 Å². The first-order valence-electron chi connectivity index (χ1n) is 11.2. The van der Waals surface area contributed by atoms with Gasteiger partial charge in [-0.15, -0.1) is 0 Å². The maximum Gasteiger partial charge on any atom is 0.266 e.